The Hall–Kier alpha value is -2.08. The molecule has 92 valence electrons. The number of aromatic hydroxyl groups is 1. The van der Waals surface area contributed by atoms with Crippen molar-refractivity contribution in [3.63, 3.8) is 0 Å². The fourth-order valence-corrected chi connectivity index (χ4v) is 1.25. The van der Waals surface area contributed by atoms with Crippen LogP contribution < -0.4 is 10.6 Å². The second-order valence-electron chi connectivity index (χ2n) is 3.36. The number of amides is 1. The molecule has 0 bridgehead atoms. The van der Waals surface area contributed by atoms with Crippen molar-refractivity contribution in [2.75, 3.05) is 18.4 Å². The molecule has 6 nitrogen and oxygen atoms in total. The number of aromatic carboxylic acids is 1. The maximum absolute atomic E-state index is 11.4. The molecule has 0 atom stereocenters. The molecule has 1 aromatic carbocycles. The van der Waals surface area contributed by atoms with Gasteiger partial charge in [-0.2, -0.15) is 0 Å². The number of carboxylic acid groups (broad SMARTS) is 1. The van der Waals surface area contributed by atoms with Crippen LogP contribution in [0, 0.1) is 0 Å². The van der Waals surface area contributed by atoms with Gasteiger partial charge in [-0.05, 0) is 24.7 Å². The van der Waals surface area contributed by atoms with Crippen molar-refractivity contribution in [2.45, 2.75) is 6.92 Å². The monoisotopic (exact) mass is 238 g/mol. The van der Waals surface area contributed by atoms with Crippen molar-refractivity contribution in [3.05, 3.63) is 23.8 Å². The molecule has 0 saturated heterocycles. The van der Waals surface area contributed by atoms with Crippen LogP contribution in [-0.2, 0) is 4.79 Å². The lowest BCUT2D eigenvalue weighted by atomic mass is 10.1. The molecule has 6 heteroatoms. The van der Waals surface area contributed by atoms with Gasteiger partial charge in [-0.1, -0.05) is 6.92 Å². The summed E-state index contributed by atoms with van der Waals surface area (Å²) in [5.41, 5.74) is 0.0213. The Labute approximate surface area is 98.3 Å². The van der Waals surface area contributed by atoms with Gasteiger partial charge in [0.15, 0.2) is 0 Å². The van der Waals surface area contributed by atoms with Crippen LogP contribution in [0.15, 0.2) is 18.2 Å². The van der Waals surface area contributed by atoms with Crippen LogP contribution in [0.25, 0.3) is 0 Å². The van der Waals surface area contributed by atoms with E-state index in [4.69, 9.17) is 5.11 Å². The van der Waals surface area contributed by atoms with Crippen molar-refractivity contribution in [1.82, 2.24) is 5.32 Å². The summed E-state index contributed by atoms with van der Waals surface area (Å²) in [7, 11) is 0. The number of phenolic OH excluding ortho intramolecular Hbond substituents is 1. The first-order valence-corrected chi connectivity index (χ1v) is 5.11. The zero-order chi connectivity index (χ0) is 12.8. The predicted molar refractivity (Wildman–Crippen MR) is 62.2 cm³/mol. The van der Waals surface area contributed by atoms with E-state index in [1.807, 2.05) is 6.92 Å². The van der Waals surface area contributed by atoms with E-state index in [0.29, 0.717) is 6.54 Å². The van der Waals surface area contributed by atoms with E-state index in [1.54, 1.807) is 0 Å². The largest absolute Gasteiger partial charge is 0.508 e. The van der Waals surface area contributed by atoms with Gasteiger partial charge in [0.25, 0.3) is 0 Å². The summed E-state index contributed by atoms with van der Waals surface area (Å²) in [6.45, 7) is 2.61. The maximum Gasteiger partial charge on any atom is 0.337 e. The quantitative estimate of drug-likeness (QED) is 0.564. The molecule has 1 aromatic rings. The van der Waals surface area contributed by atoms with E-state index in [-0.39, 0.29) is 29.5 Å². The molecule has 0 unspecified atom stereocenters. The van der Waals surface area contributed by atoms with E-state index in [0.717, 1.165) is 6.07 Å². The highest BCUT2D eigenvalue weighted by Crippen LogP contribution is 2.21. The van der Waals surface area contributed by atoms with E-state index < -0.39 is 5.97 Å². The average Bonchev–Trinajstić information content (AvgIpc) is 2.28. The Bertz CT molecular complexity index is 431. The standard InChI is InChI=1S/C11H14N2O4/c1-2-12-6-10(15)13-9-4-3-7(14)5-8(9)11(16)17/h3-5,12,14H,2,6H2,1H3,(H,13,15)(H,16,17). The van der Waals surface area contributed by atoms with E-state index in [1.165, 1.54) is 12.1 Å². The number of rotatable bonds is 5. The lowest BCUT2D eigenvalue weighted by molar-refractivity contribution is -0.115. The Morgan fingerprint density at radius 3 is 2.65 bits per heavy atom. The summed E-state index contributed by atoms with van der Waals surface area (Å²) in [6.07, 6.45) is 0. The van der Waals surface area contributed by atoms with Crippen LogP contribution in [0.4, 0.5) is 5.69 Å². The minimum Gasteiger partial charge on any atom is -0.508 e. The number of phenols is 1. The van der Waals surface area contributed by atoms with E-state index in [2.05, 4.69) is 10.6 Å². The molecule has 1 rings (SSSR count). The van der Waals surface area contributed by atoms with Gasteiger partial charge in [-0.25, -0.2) is 4.79 Å². The average molecular weight is 238 g/mol. The second kappa shape index (κ2) is 5.86. The summed E-state index contributed by atoms with van der Waals surface area (Å²) in [6, 6.07) is 3.75. The third-order valence-corrected chi connectivity index (χ3v) is 2.04. The lowest BCUT2D eigenvalue weighted by Crippen LogP contribution is -2.28. The molecule has 0 saturated carbocycles. The van der Waals surface area contributed by atoms with Gasteiger partial charge in [-0.15, -0.1) is 0 Å². The number of hydrogen-bond acceptors (Lipinski definition) is 4. The minimum atomic E-state index is -1.21. The normalized spacial score (nSPS) is 9.94. The van der Waals surface area contributed by atoms with Crippen LogP contribution in [-0.4, -0.2) is 35.2 Å². The fourth-order valence-electron chi connectivity index (χ4n) is 1.25. The molecule has 0 aliphatic heterocycles. The molecule has 17 heavy (non-hydrogen) atoms. The Morgan fingerprint density at radius 1 is 1.35 bits per heavy atom. The molecule has 0 aromatic heterocycles. The van der Waals surface area contributed by atoms with Gasteiger partial charge in [0.05, 0.1) is 17.8 Å². The minimum absolute atomic E-state index is 0.108. The summed E-state index contributed by atoms with van der Waals surface area (Å²) in [5, 5.41) is 23.4. The summed E-state index contributed by atoms with van der Waals surface area (Å²) >= 11 is 0. The zero-order valence-corrected chi connectivity index (χ0v) is 9.36. The third kappa shape index (κ3) is 3.76. The summed E-state index contributed by atoms with van der Waals surface area (Å²) in [5.74, 6) is -1.70. The number of anilines is 1. The highest BCUT2D eigenvalue weighted by molar-refractivity contribution is 6.01. The molecule has 0 spiro atoms. The van der Waals surface area contributed by atoms with Gasteiger partial charge >= 0.3 is 5.97 Å². The molecular weight excluding hydrogens is 224 g/mol. The summed E-state index contributed by atoms with van der Waals surface area (Å²) in [4.78, 5) is 22.3. The number of benzene rings is 1. The van der Waals surface area contributed by atoms with Crippen molar-refractivity contribution in [2.24, 2.45) is 0 Å². The predicted octanol–water partition coefficient (Wildman–Crippen LogP) is 0.638. The lowest BCUT2D eigenvalue weighted by Gasteiger charge is -2.08. The molecule has 0 aliphatic rings. The highest BCUT2D eigenvalue weighted by Gasteiger charge is 2.12. The van der Waals surface area contributed by atoms with Crippen molar-refractivity contribution in [1.29, 1.82) is 0 Å². The number of carbonyl (C=O) groups excluding carboxylic acids is 1. The number of likely N-dealkylation sites (N-methyl/N-ethyl adjacent to an activating group) is 1. The van der Waals surface area contributed by atoms with Gasteiger partial charge in [0, 0.05) is 0 Å². The van der Waals surface area contributed by atoms with E-state index in [9.17, 15) is 14.7 Å². The number of carboxylic acids is 1. The van der Waals surface area contributed by atoms with Crippen LogP contribution >= 0.6 is 0 Å². The van der Waals surface area contributed by atoms with Crippen LogP contribution in [0.2, 0.25) is 0 Å². The molecule has 1 amide bonds. The third-order valence-electron chi connectivity index (χ3n) is 2.04. The van der Waals surface area contributed by atoms with Gasteiger partial charge in [0.1, 0.15) is 5.75 Å². The first-order valence-electron chi connectivity index (χ1n) is 5.11. The summed E-state index contributed by atoms with van der Waals surface area (Å²) < 4.78 is 0. The van der Waals surface area contributed by atoms with E-state index >= 15 is 0 Å². The molecule has 0 aliphatic carbocycles. The first kappa shape index (κ1) is 13.0. The number of nitrogens with one attached hydrogen (secondary N) is 2. The van der Waals surface area contributed by atoms with Gasteiger partial charge < -0.3 is 20.8 Å². The fraction of sp³-hybridized carbons (Fsp3) is 0.273. The van der Waals surface area contributed by atoms with Crippen LogP contribution in [0.1, 0.15) is 17.3 Å². The first-order chi connectivity index (χ1) is 8.04. The molecule has 0 heterocycles. The Kier molecular flexibility index (Phi) is 4.47. The van der Waals surface area contributed by atoms with Crippen LogP contribution in [0.5, 0.6) is 5.75 Å². The molecule has 0 fully saturated rings. The molecular formula is C11H14N2O4. The van der Waals surface area contributed by atoms with Crippen molar-refractivity contribution in [3.8, 4) is 5.75 Å². The molecule has 0 radical (unpaired) electrons. The smallest absolute Gasteiger partial charge is 0.337 e. The van der Waals surface area contributed by atoms with Gasteiger partial charge in [-0.3, -0.25) is 4.79 Å². The highest BCUT2D eigenvalue weighted by atomic mass is 16.4. The molecule has 4 N–H and O–H groups in total. The Balaban J connectivity index is 2.83. The zero-order valence-electron chi connectivity index (χ0n) is 9.36. The number of hydrogen-bond donors (Lipinski definition) is 4. The Morgan fingerprint density at radius 2 is 2.06 bits per heavy atom. The van der Waals surface area contributed by atoms with Gasteiger partial charge in [0.2, 0.25) is 5.91 Å². The maximum atomic E-state index is 11.4. The van der Waals surface area contributed by atoms with Crippen molar-refractivity contribution < 1.29 is 19.8 Å². The topological polar surface area (TPSA) is 98.7 Å². The number of carbonyl (C=O) groups is 2. The van der Waals surface area contributed by atoms with Crippen LogP contribution in [0.3, 0.4) is 0 Å². The van der Waals surface area contributed by atoms with Crippen molar-refractivity contribution >= 4 is 17.6 Å². The SMILES string of the molecule is CCNCC(=O)Nc1ccc(O)cc1C(=O)O. The second-order valence-corrected chi connectivity index (χ2v) is 3.36.